The van der Waals surface area contributed by atoms with Crippen LogP contribution in [0.4, 0.5) is 5.82 Å². The second-order valence-corrected chi connectivity index (χ2v) is 2.52. The van der Waals surface area contributed by atoms with Gasteiger partial charge in [-0.2, -0.15) is 5.10 Å². The van der Waals surface area contributed by atoms with Crippen LogP contribution in [0.2, 0.25) is 0 Å². The fourth-order valence-corrected chi connectivity index (χ4v) is 1.19. The first kappa shape index (κ1) is 6.48. The zero-order valence-corrected chi connectivity index (χ0v) is 5.86. The van der Waals surface area contributed by atoms with Gasteiger partial charge in [0.2, 0.25) is 0 Å². The standard InChI is InChI=1S/C6H9N3O2/c10-4-3-8-9-5(11)1-2-7-6(4)9/h3,5,7,10-11H,1-2H2. The molecule has 0 amide bonds. The first-order chi connectivity index (χ1) is 5.29. The Kier molecular flexibility index (Phi) is 1.25. The number of fused-ring (bicyclic) bond motifs is 1. The van der Waals surface area contributed by atoms with Crippen LogP contribution in [-0.4, -0.2) is 26.5 Å². The van der Waals surface area contributed by atoms with Gasteiger partial charge in [0.05, 0.1) is 6.20 Å². The molecule has 0 saturated heterocycles. The zero-order valence-electron chi connectivity index (χ0n) is 5.86. The van der Waals surface area contributed by atoms with Crippen molar-refractivity contribution in [3.63, 3.8) is 0 Å². The van der Waals surface area contributed by atoms with Crippen LogP contribution < -0.4 is 5.32 Å². The molecule has 1 aliphatic rings. The molecule has 60 valence electrons. The summed E-state index contributed by atoms with van der Waals surface area (Å²) in [5, 5.41) is 25.2. The van der Waals surface area contributed by atoms with Crippen molar-refractivity contribution in [2.75, 3.05) is 11.9 Å². The van der Waals surface area contributed by atoms with Crippen LogP contribution in [0.1, 0.15) is 12.6 Å². The average molecular weight is 155 g/mol. The summed E-state index contributed by atoms with van der Waals surface area (Å²) in [5.41, 5.74) is 0. The molecule has 2 heterocycles. The second-order valence-electron chi connectivity index (χ2n) is 2.52. The van der Waals surface area contributed by atoms with Crippen molar-refractivity contribution < 1.29 is 10.2 Å². The van der Waals surface area contributed by atoms with E-state index in [9.17, 15) is 5.11 Å². The Morgan fingerprint density at radius 3 is 3.27 bits per heavy atom. The third kappa shape index (κ3) is 0.848. The third-order valence-electron chi connectivity index (χ3n) is 1.75. The maximum Gasteiger partial charge on any atom is 0.178 e. The molecule has 5 heteroatoms. The van der Waals surface area contributed by atoms with E-state index in [0.717, 1.165) is 0 Å². The molecule has 0 fully saturated rings. The van der Waals surface area contributed by atoms with Gasteiger partial charge < -0.3 is 15.5 Å². The number of nitrogens with one attached hydrogen (secondary N) is 1. The molecular weight excluding hydrogens is 146 g/mol. The molecular formula is C6H9N3O2. The van der Waals surface area contributed by atoms with Crippen molar-refractivity contribution in [2.24, 2.45) is 0 Å². The van der Waals surface area contributed by atoms with Gasteiger partial charge in [0, 0.05) is 13.0 Å². The Labute approximate surface area is 63.3 Å². The number of aromatic nitrogens is 2. The van der Waals surface area contributed by atoms with E-state index in [-0.39, 0.29) is 5.75 Å². The Balaban J connectivity index is 2.46. The van der Waals surface area contributed by atoms with E-state index in [2.05, 4.69) is 10.4 Å². The Bertz CT molecular complexity index is 271. The quantitative estimate of drug-likeness (QED) is 0.489. The highest BCUT2D eigenvalue weighted by molar-refractivity contribution is 5.49. The number of hydrogen-bond donors (Lipinski definition) is 3. The van der Waals surface area contributed by atoms with Crippen LogP contribution in [0.5, 0.6) is 5.75 Å². The predicted molar refractivity (Wildman–Crippen MR) is 38.3 cm³/mol. The highest BCUT2D eigenvalue weighted by Crippen LogP contribution is 2.28. The van der Waals surface area contributed by atoms with E-state index in [4.69, 9.17) is 5.11 Å². The molecule has 1 aromatic heterocycles. The van der Waals surface area contributed by atoms with Gasteiger partial charge in [-0.05, 0) is 0 Å². The minimum Gasteiger partial charge on any atom is -0.503 e. The fraction of sp³-hybridized carbons (Fsp3) is 0.500. The van der Waals surface area contributed by atoms with Gasteiger partial charge in [0.25, 0.3) is 0 Å². The number of hydrogen-bond acceptors (Lipinski definition) is 4. The summed E-state index contributed by atoms with van der Waals surface area (Å²) in [6.45, 7) is 0.667. The van der Waals surface area contributed by atoms with Gasteiger partial charge in [-0.15, -0.1) is 0 Å². The highest BCUT2D eigenvalue weighted by atomic mass is 16.3. The highest BCUT2D eigenvalue weighted by Gasteiger charge is 2.20. The minimum atomic E-state index is -0.604. The minimum absolute atomic E-state index is 0.0868. The Hall–Kier alpha value is -1.23. The molecule has 2 rings (SSSR count). The summed E-state index contributed by atoms with van der Waals surface area (Å²) in [6, 6.07) is 0. The molecule has 5 nitrogen and oxygen atoms in total. The van der Waals surface area contributed by atoms with Crippen molar-refractivity contribution in [1.82, 2.24) is 9.78 Å². The number of aromatic hydroxyl groups is 1. The van der Waals surface area contributed by atoms with Crippen molar-refractivity contribution in [1.29, 1.82) is 0 Å². The summed E-state index contributed by atoms with van der Waals surface area (Å²) in [5.74, 6) is 0.590. The van der Waals surface area contributed by atoms with E-state index < -0.39 is 6.23 Å². The lowest BCUT2D eigenvalue weighted by Crippen LogP contribution is -2.22. The monoisotopic (exact) mass is 155 g/mol. The second kappa shape index (κ2) is 2.13. The molecule has 1 unspecified atom stereocenters. The Morgan fingerprint density at radius 1 is 1.73 bits per heavy atom. The summed E-state index contributed by atoms with van der Waals surface area (Å²) in [4.78, 5) is 0. The van der Waals surface area contributed by atoms with Crippen LogP contribution in [-0.2, 0) is 0 Å². The number of aliphatic hydroxyl groups is 1. The zero-order chi connectivity index (χ0) is 7.84. The maximum absolute atomic E-state index is 9.32. The first-order valence-corrected chi connectivity index (χ1v) is 3.47. The summed E-state index contributed by atoms with van der Waals surface area (Å²) >= 11 is 0. The number of nitrogens with zero attached hydrogens (tertiary/aromatic N) is 2. The lowest BCUT2D eigenvalue weighted by molar-refractivity contribution is 0.0810. The van der Waals surface area contributed by atoms with Gasteiger partial charge in [-0.1, -0.05) is 0 Å². The van der Waals surface area contributed by atoms with Crippen LogP contribution >= 0.6 is 0 Å². The lowest BCUT2D eigenvalue weighted by atomic mass is 10.3. The summed E-state index contributed by atoms with van der Waals surface area (Å²) in [6.07, 6.45) is 1.33. The van der Waals surface area contributed by atoms with E-state index in [1.807, 2.05) is 0 Å². The van der Waals surface area contributed by atoms with Gasteiger partial charge >= 0.3 is 0 Å². The largest absolute Gasteiger partial charge is 0.503 e. The van der Waals surface area contributed by atoms with E-state index in [1.54, 1.807) is 0 Å². The van der Waals surface area contributed by atoms with E-state index in [0.29, 0.717) is 18.8 Å². The fourth-order valence-electron chi connectivity index (χ4n) is 1.19. The molecule has 0 aliphatic carbocycles. The molecule has 3 N–H and O–H groups in total. The van der Waals surface area contributed by atoms with E-state index >= 15 is 0 Å². The summed E-state index contributed by atoms with van der Waals surface area (Å²) in [7, 11) is 0. The lowest BCUT2D eigenvalue weighted by Gasteiger charge is -2.20. The maximum atomic E-state index is 9.32. The molecule has 0 spiro atoms. The molecule has 1 atom stereocenters. The van der Waals surface area contributed by atoms with Gasteiger partial charge in [-0.25, -0.2) is 4.68 Å². The molecule has 11 heavy (non-hydrogen) atoms. The molecule has 0 bridgehead atoms. The van der Waals surface area contributed by atoms with Crippen LogP contribution in [0.3, 0.4) is 0 Å². The molecule has 0 saturated carbocycles. The smallest absolute Gasteiger partial charge is 0.178 e. The van der Waals surface area contributed by atoms with Crippen LogP contribution in [0, 0.1) is 0 Å². The number of aliphatic hydroxyl groups excluding tert-OH is 1. The van der Waals surface area contributed by atoms with Crippen LogP contribution in [0.15, 0.2) is 6.20 Å². The molecule has 1 aliphatic heterocycles. The molecule has 1 aromatic rings. The number of rotatable bonds is 0. The van der Waals surface area contributed by atoms with E-state index in [1.165, 1.54) is 10.9 Å². The molecule has 0 radical (unpaired) electrons. The third-order valence-corrected chi connectivity index (χ3v) is 1.75. The van der Waals surface area contributed by atoms with Crippen molar-refractivity contribution in [3.8, 4) is 5.75 Å². The average Bonchev–Trinajstić information content (AvgIpc) is 2.35. The SMILES string of the molecule is Oc1cnn2c1NCCC2O. The van der Waals surface area contributed by atoms with Crippen molar-refractivity contribution >= 4 is 5.82 Å². The van der Waals surface area contributed by atoms with Gasteiger partial charge in [0.15, 0.2) is 17.8 Å². The predicted octanol–water partition coefficient (Wildman–Crippen LogP) is -0.105. The van der Waals surface area contributed by atoms with Crippen LogP contribution in [0.25, 0.3) is 0 Å². The van der Waals surface area contributed by atoms with Gasteiger partial charge in [0.1, 0.15) is 0 Å². The first-order valence-electron chi connectivity index (χ1n) is 3.47. The number of anilines is 1. The summed E-state index contributed by atoms with van der Waals surface area (Å²) < 4.78 is 1.37. The van der Waals surface area contributed by atoms with Gasteiger partial charge in [-0.3, -0.25) is 0 Å². The molecule has 0 aromatic carbocycles. The van der Waals surface area contributed by atoms with Crippen molar-refractivity contribution in [3.05, 3.63) is 6.20 Å². The Morgan fingerprint density at radius 2 is 2.55 bits per heavy atom. The van der Waals surface area contributed by atoms with Crippen molar-refractivity contribution in [2.45, 2.75) is 12.6 Å². The topological polar surface area (TPSA) is 70.3 Å². The normalized spacial score (nSPS) is 22.5.